The van der Waals surface area contributed by atoms with Crippen LogP contribution in [0.15, 0.2) is 36.8 Å². The number of amides is 1. The topological polar surface area (TPSA) is 46.1 Å². The number of halogens is 2. The number of nitrogens with zero attached hydrogens (tertiary/aromatic N) is 3. The first-order valence-corrected chi connectivity index (χ1v) is 6.74. The van der Waals surface area contributed by atoms with Crippen molar-refractivity contribution in [3.63, 3.8) is 0 Å². The van der Waals surface area contributed by atoms with E-state index in [1.807, 2.05) is 19.1 Å². The normalized spacial score (nSPS) is 12.0. The van der Waals surface area contributed by atoms with Gasteiger partial charge in [0.25, 0.3) is 5.91 Å². The van der Waals surface area contributed by atoms with Gasteiger partial charge in [0.05, 0.1) is 16.6 Å². The number of pyridine rings is 2. The first-order chi connectivity index (χ1) is 9.50. The van der Waals surface area contributed by atoms with Gasteiger partial charge in [-0.2, -0.15) is 0 Å². The number of rotatable bonds is 3. The van der Waals surface area contributed by atoms with E-state index in [2.05, 4.69) is 9.97 Å². The smallest absolute Gasteiger partial charge is 0.255 e. The second-order valence-corrected chi connectivity index (χ2v) is 5.13. The molecule has 2 aromatic rings. The average molecular weight is 310 g/mol. The minimum absolute atomic E-state index is 0.0834. The lowest BCUT2D eigenvalue weighted by atomic mass is 10.1. The molecule has 0 spiro atoms. The van der Waals surface area contributed by atoms with E-state index in [4.69, 9.17) is 23.2 Å². The third-order valence-corrected chi connectivity index (χ3v) is 3.82. The summed E-state index contributed by atoms with van der Waals surface area (Å²) in [6.07, 6.45) is 4.82. The van der Waals surface area contributed by atoms with Crippen LogP contribution in [0.25, 0.3) is 0 Å². The van der Waals surface area contributed by atoms with E-state index >= 15 is 0 Å². The summed E-state index contributed by atoms with van der Waals surface area (Å²) in [5.74, 6) is -0.166. The summed E-state index contributed by atoms with van der Waals surface area (Å²) in [4.78, 5) is 21.9. The van der Waals surface area contributed by atoms with Crippen LogP contribution in [0.3, 0.4) is 0 Å². The standard InChI is InChI=1S/C14H13Cl2N3O/c1-9(10-3-5-17-6-4-10)19(2)14(20)11-7-12(15)13(16)18-8-11/h3-9H,1-2H3. The number of carbonyl (C=O) groups is 1. The maximum Gasteiger partial charge on any atom is 0.255 e. The minimum atomic E-state index is -0.166. The molecule has 2 aromatic heterocycles. The fourth-order valence-electron chi connectivity index (χ4n) is 1.78. The molecule has 1 atom stereocenters. The van der Waals surface area contributed by atoms with Crippen molar-refractivity contribution in [3.05, 3.63) is 58.1 Å². The SMILES string of the molecule is CC(c1ccncc1)N(C)C(=O)c1cnc(Cl)c(Cl)c1. The quantitative estimate of drug-likeness (QED) is 0.814. The number of hydrogen-bond acceptors (Lipinski definition) is 3. The van der Waals surface area contributed by atoms with Gasteiger partial charge < -0.3 is 4.90 Å². The predicted octanol–water partition coefficient (Wildman–Crippen LogP) is 3.62. The van der Waals surface area contributed by atoms with Crippen LogP contribution in [0.1, 0.15) is 28.9 Å². The molecule has 6 heteroatoms. The molecule has 2 rings (SSSR count). The van der Waals surface area contributed by atoms with Gasteiger partial charge in [-0.05, 0) is 30.7 Å². The molecule has 4 nitrogen and oxygen atoms in total. The van der Waals surface area contributed by atoms with Gasteiger partial charge in [-0.15, -0.1) is 0 Å². The molecule has 2 heterocycles. The van der Waals surface area contributed by atoms with Crippen molar-refractivity contribution in [2.45, 2.75) is 13.0 Å². The molecular weight excluding hydrogens is 297 g/mol. The van der Waals surface area contributed by atoms with Crippen molar-refractivity contribution in [1.29, 1.82) is 0 Å². The van der Waals surface area contributed by atoms with E-state index in [0.717, 1.165) is 5.56 Å². The zero-order valence-corrected chi connectivity index (χ0v) is 12.6. The third kappa shape index (κ3) is 3.08. The highest BCUT2D eigenvalue weighted by Crippen LogP contribution is 2.23. The summed E-state index contributed by atoms with van der Waals surface area (Å²) in [6, 6.07) is 5.19. The van der Waals surface area contributed by atoms with E-state index in [-0.39, 0.29) is 22.1 Å². The summed E-state index contributed by atoms with van der Waals surface area (Å²) in [6.45, 7) is 1.94. The Balaban J connectivity index is 2.22. The van der Waals surface area contributed by atoms with Crippen LogP contribution < -0.4 is 0 Å². The molecule has 0 aliphatic carbocycles. The molecule has 0 bridgehead atoms. The molecule has 20 heavy (non-hydrogen) atoms. The monoisotopic (exact) mass is 309 g/mol. The zero-order chi connectivity index (χ0) is 14.7. The Hall–Kier alpha value is -1.65. The summed E-state index contributed by atoms with van der Waals surface area (Å²) in [5, 5.41) is 0.454. The number of hydrogen-bond donors (Lipinski definition) is 0. The van der Waals surface area contributed by atoms with Crippen LogP contribution in [0.2, 0.25) is 10.2 Å². The second-order valence-electron chi connectivity index (χ2n) is 4.37. The Morgan fingerprint density at radius 2 is 1.95 bits per heavy atom. The maximum atomic E-state index is 12.4. The fourth-order valence-corrected chi connectivity index (χ4v) is 2.05. The lowest BCUT2D eigenvalue weighted by molar-refractivity contribution is 0.0742. The zero-order valence-electron chi connectivity index (χ0n) is 11.0. The van der Waals surface area contributed by atoms with Crippen molar-refractivity contribution in [1.82, 2.24) is 14.9 Å². The van der Waals surface area contributed by atoms with Crippen LogP contribution in [-0.4, -0.2) is 27.8 Å². The summed E-state index contributed by atoms with van der Waals surface area (Å²) >= 11 is 11.6. The molecular formula is C14H13Cl2N3O. The molecule has 0 aliphatic heterocycles. The Morgan fingerprint density at radius 3 is 2.55 bits per heavy atom. The Bertz CT molecular complexity index is 619. The Labute approximate surface area is 127 Å². The molecule has 0 saturated heterocycles. The average Bonchev–Trinajstić information content (AvgIpc) is 2.48. The van der Waals surface area contributed by atoms with E-state index < -0.39 is 0 Å². The van der Waals surface area contributed by atoms with E-state index in [1.54, 1.807) is 24.3 Å². The molecule has 0 aliphatic rings. The molecule has 1 amide bonds. The largest absolute Gasteiger partial charge is 0.335 e. The third-order valence-electron chi connectivity index (χ3n) is 3.13. The lowest BCUT2D eigenvalue weighted by Crippen LogP contribution is -2.29. The van der Waals surface area contributed by atoms with Gasteiger partial charge in [-0.3, -0.25) is 9.78 Å². The van der Waals surface area contributed by atoms with Gasteiger partial charge in [-0.1, -0.05) is 23.2 Å². The van der Waals surface area contributed by atoms with Crippen molar-refractivity contribution in [2.75, 3.05) is 7.05 Å². The van der Waals surface area contributed by atoms with Crippen LogP contribution in [0.5, 0.6) is 0 Å². The second kappa shape index (κ2) is 6.20. The molecule has 0 N–H and O–H groups in total. The first-order valence-electron chi connectivity index (χ1n) is 5.99. The molecule has 104 valence electrons. The summed E-state index contributed by atoms with van der Waals surface area (Å²) in [5.41, 5.74) is 1.41. The van der Waals surface area contributed by atoms with Gasteiger partial charge in [0.15, 0.2) is 0 Å². The van der Waals surface area contributed by atoms with Gasteiger partial charge in [0.2, 0.25) is 0 Å². The number of carbonyl (C=O) groups excluding carboxylic acids is 1. The molecule has 0 radical (unpaired) electrons. The molecule has 0 fully saturated rings. The minimum Gasteiger partial charge on any atom is -0.335 e. The fraction of sp³-hybridized carbons (Fsp3) is 0.214. The Kier molecular flexibility index (Phi) is 4.57. The molecule has 0 saturated carbocycles. The molecule has 0 aromatic carbocycles. The lowest BCUT2D eigenvalue weighted by Gasteiger charge is -2.25. The Morgan fingerprint density at radius 1 is 1.30 bits per heavy atom. The first kappa shape index (κ1) is 14.8. The van der Waals surface area contributed by atoms with E-state index in [9.17, 15) is 4.79 Å². The summed E-state index contributed by atoms with van der Waals surface area (Å²) in [7, 11) is 1.73. The van der Waals surface area contributed by atoms with E-state index in [1.165, 1.54) is 12.3 Å². The van der Waals surface area contributed by atoms with Gasteiger partial charge in [-0.25, -0.2) is 4.98 Å². The van der Waals surface area contributed by atoms with Gasteiger partial charge in [0.1, 0.15) is 5.15 Å². The van der Waals surface area contributed by atoms with Crippen LogP contribution in [-0.2, 0) is 0 Å². The van der Waals surface area contributed by atoms with Crippen molar-refractivity contribution in [3.8, 4) is 0 Å². The highest BCUT2D eigenvalue weighted by molar-refractivity contribution is 6.41. The van der Waals surface area contributed by atoms with Gasteiger partial charge >= 0.3 is 0 Å². The van der Waals surface area contributed by atoms with Crippen molar-refractivity contribution < 1.29 is 4.79 Å². The maximum absolute atomic E-state index is 12.4. The predicted molar refractivity (Wildman–Crippen MR) is 79.0 cm³/mol. The number of aromatic nitrogens is 2. The van der Waals surface area contributed by atoms with Crippen molar-refractivity contribution in [2.24, 2.45) is 0 Å². The van der Waals surface area contributed by atoms with Crippen LogP contribution >= 0.6 is 23.2 Å². The highest BCUT2D eigenvalue weighted by atomic mass is 35.5. The highest BCUT2D eigenvalue weighted by Gasteiger charge is 2.19. The van der Waals surface area contributed by atoms with Crippen LogP contribution in [0.4, 0.5) is 0 Å². The van der Waals surface area contributed by atoms with Crippen LogP contribution in [0, 0.1) is 0 Å². The van der Waals surface area contributed by atoms with Gasteiger partial charge in [0, 0.05) is 25.6 Å². The summed E-state index contributed by atoms with van der Waals surface area (Å²) < 4.78 is 0. The van der Waals surface area contributed by atoms with Crippen molar-refractivity contribution >= 4 is 29.1 Å². The van der Waals surface area contributed by atoms with E-state index in [0.29, 0.717) is 5.56 Å². The molecule has 1 unspecified atom stereocenters.